The maximum absolute atomic E-state index is 9.72. The summed E-state index contributed by atoms with van der Waals surface area (Å²) in [6, 6.07) is 0. The number of aryl methyl sites for hydroxylation is 2. The summed E-state index contributed by atoms with van der Waals surface area (Å²) in [5, 5.41) is 9.72. The number of nitrogens with one attached hydrogen (secondary N) is 1. The first-order chi connectivity index (χ1) is 6.24. The predicted molar refractivity (Wildman–Crippen MR) is 51.6 cm³/mol. The topological polar surface area (TPSA) is 62.0 Å². The average molecular weight is 180 g/mol. The normalized spacial score (nSPS) is 17.5. The second kappa shape index (κ2) is 3.16. The van der Waals surface area contributed by atoms with Crippen LogP contribution in [0.3, 0.4) is 0 Å². The Hall–Kier alpha value is -0.800. The van der Waals surface area contributed by atoms with Crippen molar-refractivity contribution in [1.29, 1.82) is 0 Å². The molecule has 0 aliphatic heterocycles. The minimum atomic E-state index is -0.488. The van der Waals surface area contributed by atoms with E-state index in [0.717, 1.165) is 24.1 Å². The van der Waals surface area contributed by atoms with Crippen LogP contribution in [0.25, 0.3) is 0 Å². The molecule has 1 aliphatic carbocycles. The summed E-state index contributed by atoms with van der Waals surface area (Å²) in [6.07, 6.45) is 2.92. The molecule has 0 spiro atoms. The van der Waals surface area contributed by atoms with Crippen molar-refractivity contribution in [2.75, 3.05) is 6.54 Å². The molecule has 72 valence electrons. The van der Waals surface area contributed by atoms with E-state index in [-0.39, 0.29) is 0 Å². The van der Waals surface area contributed by atoms with Crippen LogP contribution in [0.4, 0.5) is 0 Å². The minimum Gasteiger partial charge on any atom is -0.387 e. The number of nitrogens with two attached hydrogens (primary N) is 1. The third-order valence-corrected chi connectivity index (χ3v) is 2.84. The molecule has 0 saturated heterocycles. The van der Waals surface area contributed by atoms with Gasteiger partial charge in [-0.1, -0.05) is 0 Å². The zero-order valence-electron chi connectivity index (χ0n) is 7.93. The molecule has 1 unspecified atom stereocenters. The lowest BCUT2D eigenvalue weighted by molar-refractivity contribution is 0.185. The monoisotopic (exact) mass is 180 g/mol. The average Bonchev–Trinajstić information content (AvgIpc) is 2.62. The molecule has 0 amide bonds. The van der Waals surface area contributed by atoms with Crippen molar-refractivity contribution in [2.45, 2.75) is 32.3 Å². The van der Waals surface area contributed by atoms with Gasteiger partial charge in [0.1, 0.15) is 0 Å². The number of hydrogen-bond acceptors (Lipinski definition) is 2. The molecule has 13 heavy (non-hydrogen) atoms. The fraction of sp³-hybridized carbons (Fsp3) is 0.600. The van der Waals surface area contributed by atoms with Gasteiger partial charge in [0.2, 0.25) is 0 Å². The van der Waals surface area contributed by atoms with Crippen LogP contribution in [-0.2, 0) is 12.8 Å². The van der Waals surface area contributed by atoms with Gasteiger partial charge < -0.3 is 15.8 Å². The van der Waals surface area contributed by atoms with Gasteiger partial charge in [0.05, 0.1) is 6.10 Å². The molecule has 1 aromatic rings. The number of hydrogen-bond donors (Lipinski definition) is 3. The molecule has 3 heteroatoms. The van der Waals surface area contributed by atoms with E-state index in [4.69, 9.17) is 5.73 Å². The molecule has 1 atom stereocenters. The molecular weight excluding hydrogens is 164 g/mol. The van der Waals surface area contributed by atoms with Gasteiger partial charge in [0.25, 0.3) is 0 Å². The Bertz CT molecular complexity index is 317. The predicted octanol–water partition coefficient (Wildman–Crippen LogP) is 0.804. The number of aliphatic hydroxyl groups excluding tert-OH is 1. The Balaban J connectivity index is 2.43. The lowest BCUT2D eigenvalue weighted by atomic mass is 10.0. The highest BCUT2D eigenvalue weighted by Crippen LogP contribution is 2.31. The summed E-state index contributed by atoms with van der Waals surface area (Å²) in [6.45, 7) is 2.32. The van der Waals surface area contributed by atoms with Gasteiger partial charge in [0.15, 0.2) is 0 Å². The molecule has 0 fully saturated rings. The van der Waals surface area contributed by atoms with Gasteiger partial charge in [-0.15, -0.1) is 0 Å². The van der Waals surface area contributed by atoms with Gasteiger partial charge in [-0.25, -0.2) is 0 Å². The Kier molecular flexibility index (Phi) is 2.14. The van der Waals surface area contributed by atoms with E-state index in [1.54, 1.807) is 0 Å². The van der Waals surface area contributed by atoms with Crippen molar-refractivity contribution in [3.05, 3.63) is 22.5 Å². The first-order valence-electron chi connectivity index (χ1n) is 4.82. The summed E-state index contributed by atoms with van der Waals surface area (Å²) >= 11 is 0. The molecule has 0 saturated carbocycles. The SMILES string of the molecule is Cc1[nH]c2c(c1C(O)CN)CCC2. The number of H-pyrrole nitrogens is 1. The molecule has 0 bridgehead atoms. The van der Waals surface area contributed by atoms with Gasteiger partial charge in [-0.05, 0) is 31.7 Å². The highest BCUT2D eigenvalue weighted by Gasteiger charge is 2.23. The van der Waals surface area contributed by atoms with E-state index < -0.39 is 6.10 Å². The zero-order chi connectivity index (χ0) is 9.42. The van der Waals surface area contributed by atoms with E-state index in [1.165, 1.54) is 17.7 Å². The molecular formula is C10H16N2O. The molecule has 3 nitrogen and oxygen atoms in total. The van der Waals surface area contributed by atoms with Crippen molar-refractivity contribution in [3.63, 3.8) is 0 Å². The van der Waals surface area contributed by atoms with Crippen LogP contribution >= 0.6 is 0 Å². The zero-order valence-corrected chi connectivity index (χ0v) is 7.93. The quantitative estimate of drug-likeness (QED) is 0.630. The number of aliphatic hydroxyl groups is 1. The highest BCUT2D eigenvalue weighted by atomic mass is 16.3. The van der Waals surface area contributed by atoms with Crippen LogP contribution in [0.2, 0.25) is 0 Å². The molecule has 1 aromatic heterocycles. The maximum Gasteiger partial charge on any atom is 0.0932 e. The number of rotatable bonds is 2. The van der Waals surface area contributed by atoms with E-state index in [9.17, 15) is 5.11 Å². The van der Waals surface area contributed by atoms with Crippen LogP contribution in [0.1, 0.15) is 35.0 Å². The fourth-order valence-electron chi connectivity index (χ4n) is 2.27. The molecule has 0 radical (unpaired) electrons. The van der Waals surface area contributed by atoms with Crippen LogP contribution in [0.5, 0.6) is 0 Å². The van der Waals surface area contributed by atoms with E-state index >= 15 is 0 Å². The lowest BCUT2D eigenvalue weighted by Gasteiger charge is -2.09. The minimum absolute atomic E-state index is 0.311. The molecule has 1 heterocycles. The summed E-state index contributed by atoms with van der Waals surface area (Å²) in [4.78, 5) is 3.32. The summed E-state index contributed by atoms with van der Waals surface area (Å²) in [5.74, 6) is 0. The van der Waals surface area contributed by atoms with E-state index in [0.29, 0.717) is 6.54 Å². The van der Waals surface area contributed by atoms with Crippen molar-refractivity contribution in [3.8, 4) is 0 Å². The van der Waals surface area contributed by atoms with Crippen molar-refractivity contribution in [2.24, 2.45) is 5.73 Å². The van der Waals surface area contributed by atoms with Gasteiger partial charge in [-0.3, -0.25) is 0 Å². The first-order valence-corrected chi connectivity index (χ1v) is 4.82. The largest absolute Gasteiger partial charge is 0.387 e. The van der Waals surface area contributed by atoms with Crippen molar-refractivity contribution >= 4 is 0 Å². The standard InChI is InChI=1S/C10H16N2O/c1-6-10(9(13)5-11)7-3-2-4-8(7)12-6/h9,12-13H,2-5,11H2,1H3. The highest BCUT2D eigenvalue weighted by molar-refractivity contribution is 5.41. The summed E-state index contributed by atoms with van der Waals surface area (Å²) in [5.41, 5.74) is 10.2. The first kappa shape index (κ1) is 8.78. The van der Waals surface area contributed by atoms with Crippen LogP contribution in [0.15, 0.2) is 0 Å². The van der Waals surface area contributed by atoms with Crippen LogP contribution < -0.4 is 5.73 Å². The third kappa shape index (κ3) is 1.28. The Morgan fingerprint density at radius 2 is 2.31 bits per heavy atom. The number of fused-ring (bicyclic) bond motifs is 1. The third-order valence-electron chi connectivity index (χ3n) is 2.84. The molecule has 2 rings (SSSR count). The van der Waals surface area contributed by atoms with E-state index in [1.807, 2.05) is 6.92 Å². The maximum atomic E-state index is 9.72. The molecule has 4 N–H and O–H groups in total. The fourth-order valence-corrected chi connectivity index (χ4v) is 2.27. The van der Waals surface area contributed by atoms with Crippen LogP contribution in [-0.4, -0.2) is 16.6 Å². The Labute approximate surface area is 78.0 Å². The van der Waals surface area contributed by atoms with Gasteiger partial charge in [0, 0.05) is 23.5 Å². The van der Waals surface area contributed by atoms with Gasteiger partial charge >= 0.3 is 0 Å². The Morgan fingerprint density at radius 1 is 1.54 bits per heavy atom. The smallest absolute Gasteiger partial charge is 0.0932 e. The van der Waals surface area contributed by atoms with Gasteiger partial charge in [-0.2, -0.15) is 0 Å². The van der Waals surface area contributed by atoms with Crippen molar-refractivity contribution < 1.29 is 5.11 Å². The van der Waals surface area contributed by atoms with E-state index in [2.05, 4.69) is 4.98 Å². The second-order valence-electron chi connectivity index (χ2n) is 3.73. The lowest BCUT2D eigenvalue weighted by Crippen LogP contribution is -2.13. The van der Waals surface area contributed by atoms with Crippen molar-refractivity contribution in [1.82, 2.24) is 4.98 Å². The number of aromatic nitrogens is 1. The molecule has 1 aliphatic rings. The summed E-state index contributed by atoms with van der Waals surface area (Å²) in [7, 11) is 0. The summed E-state index contributed by atoms with van der Waals surface area (Å²) < 4.78 is 0. The van der Waals surface area contributed by atoms with Crippen LogP contribution in [0, 0.1) is 6.92 Å². The Morgan fingerprint density at radius 3 is 3.00 bits per heavy atom. The molecule has 0 aromatic carbocycles. The number of aromatic amines is 1. The second-order valence-corrected chi connectivity index (χ2v) is 3.73.